The minimum absolute atomic E-state index is 0.212. The van der Waals surface area contributed by atoms with Crippen LogP contribution in [0.5, 0.6) is 23.0 Å². The van der Waals surface area contributed by atoms with Crippen LogP contribution >= 0.6 is 0 Å². The molecule has 2 rings (SSSR count). The molecule has 0 spiro atoms. The van der Waals surface area contributed by atoms with E-state index in [1.54, 1.807) is 30.3 Å². The first-order valence-corrected chi connectivity index (χ1v) is 12.1. The Hall–Kier alpha value is -3.22. The molecule has 2 aromatic carbocycles. The third-order valence-corrected chi connectivity index (χ3v) is 4.86. The fraction of sp³-hybridized carbons (Fsp3) is 0.500. The van der Waals surface area contributed by atoms with Gasteiger partial charge < -0.3 is 24.1 Å². The number of carboxylic acids is 1. The molecule has 0 saturated heterocycles. The lowest BCUT2D eigenvalue weighted by Crippen LogP contribution is -2.13. The number of hydrogen-bond acceptors (Lipinski definition) is 6. The lowest BCUT2D eigenvalue weighted by Gasteiger charge is -2.16. The minimum atomic E-state index is -1.11. The summed E-state index contributed by atoms with van der Waals surface area (Å²) in [5.74, 6) is 1.39. The average Bonchev–Trinajstić information content (AvgIpc) is 2.79. The largest absolute Gasteiger partial charge is 0.493 e. The van der Waals surface area contributed by atoms with Gasteiger partial charge in [-0.25, -0.2) is 4.79 Å². The highest BCUT2D eigenvalue weighted by molar-refractivity contribution is 6.11. The zero-order chi connectivity index (χ0) is 26.0. The number of aliphatic carboxylic acids is 1. The third kappa shape index (κ3) is 9.51. The van der Waals surface area contributed by atoms with E-state index >= 15 is 0 Å². The first-order valence-electron chi connectivity index (χ1n) is 12.1. The van der Waals surface area contributed by atoms with E-state index in [0.29, 0.717) is 60.0 Å². The van der Waals surface area contributed by atoms with Gasteiger partial charge in [-0.05, 0) is 54.5 Å². The third-order valence-electron chi connectivity index (χ3n) is 4.86. The highest BCUT2D eigenvalue weighted by atomic mass is 16.5. The van der Waals surface area contributed by atoms with Crippen LogP contribution in [0.1, 0.15) is 63.9 Å². The molecule has 0 aromatic heterocycles. The number of carbonyl (C=O) groups excluding carboxylic acids is 1. The molecule has 0 fully saturated rings. The molecule has 0 radical (unpaired) electrons. The summed E-state index contributed by atoms with van der Waals surface area (Å²) < 4.78 is 23.0. The molecule has 0 aliphatic rings. The second-order valence-electron chi connectivity index (χ2n) is 9.77. The SMILES string of the molecule is CC(C)CCOc1ccc(C(=O)c2ccc(OCC(C)C)cc2OCC(C)C)cc1OCC(=O)O. The molecule has 0 amide bonds. The van der Waals surface area contributed by atoms with Gasteiger partial charge in [-0.2, -0.15) is 0 Å². The van der Waals surface area contributed by atoms with Gasteiger partial charge in [0.2, 0.25) is 0 Å². The molecule has 35 heavy (non-hydrogen) atoms. The number of benzene rings is 2. The molecular formula is C28H38O7. The molecule has 7 nitrogen and oxygen atoms in total. The summed E-state index contributed by atoms with van der Waals surface area (Å²) in [7, 11) is 0. The van der Waals surface area contributed by atoms with Crippen LogP contribution in [0.2, 0.25) is 0 Å². The Morgan fingerprint density at radius 2 is 1.43 bits per heavy atom. The summed E-state index contributed by atoms with van der Waals surface area (Å²) in [6.07, 6.45) is 0.834. The van der Waals surface area contributed by atoms with Crippen molar-refractivity contribution in [2.75, 3.05) is 26.4 Å². The van der Waals surface area contributed by atoms with Crippen molar-refractivity contribution in [3.8, 4) is 23.0 Å². The van der Waals surface area contributed by atoms with Crippen molar-refractivity contribution in [2.24, 2.45) is 17.8 Å². The number of ether oxygens (including phenoxy) is 4. The van der Waals surface area contributed by atoms with Gasteiger partial charge in [0.25, 0.3) is 0 Å². The molecule has 0 unspecified atom stereocenters. The highest BCUT2D eigenvalue weighted by Gasteiger charge is 2.19. The standard InChI is InChI=1S/C28H38O7/c1-18(2)11-12-32-24-10-7-21(13-26(24)35-17-27(29)30)28(31)23-9-8-22(33-15-19(3)4)14-25(23)34-16-20(5)6/h7-10,13-14,18-20H,11-12,15-17H2,1-6H3,(H,29,30). The van der Waals surface area contributed by atoms with E-state index in [0.717, 1.165) is 6.42 Å². The Balaban J connectivity index is 2.36. The first-order chi connectivity index (χ1) is 16.6. The monoisotopic (exact) mass is 486 g/mol. The van der Waals surface area contributed by atoms with E-state index in [9.17, 15) is 9.59 Å². The summed E-state index contributed by atoms with van der Waals surface area (Å²) in [5.41, 5.74) is 0.729. The van der Waals surface area contributed by atoms with Gasteiger partial charge in [0.05, 0.1) is 25.4 Å². The average molecular weight is 487 g/mol. The maximum atomic E-state index is 13.5. The van der Waals surface area contributed by atoms with Crippen LogP contribution < -0.4 is 18.9 Å². The number of hydrogen-bond donors (Lipinski definition) is 1. The van der Waals surface area contributed by atoms with Crippen LogP contribution in [0.25, 0.3) is 0 Å². The van der Waals surface area contributed by atoms with Crippen molar-refractivity contribution >= 4 is 11.8 Å². The van der Waals surface area contributed by atoms with Gasteiger partial charge in [0.15, 0.2) is 23.9 Å². The maximum Gasteiger partial charge on any atom is 0.341 e. The summed E-state index contributed by atoms with van der Waals surface area (Å²) in [6.45, 7) is 13.3. The van der Waals surface area contributed by atoms with E-state index in [1.807, 2.05) is 13.8 Å². The lowest BCUT2D eigenvalue weighted by molar-refractivity contribution is -0.139. The smallest absolute Gasteiger partial charge is 0.341 e. The fourth-order valence-electron chi connectivity index (χ4n) is 3.00. The minimum Gasteiger partial charge on any atom is -0.493 e. The predicted octanol–water partition coefficient (Wildman–Crippen LogP) is 5.88. The van der Waals surface area contributed by atoms with Gasteiger partial charge >= 0.3 is 5.97 Å². The van der Waals surface area contributed by atoms with Crippen LogP contribution in [0.4, 0.5) is 0 Å². The Labute approximate surface area is 208 Å². The van der Waals surface area contributed by atoms with Crippen molar-refractivity contribution in [2.45, 2.75) is 48.0 Å². The van der Waals surface area contributed by atoms with Crippen LogP contribution in [0.3, 0.4) is 0 Å². The van der Waals surface area contributed by atoms with Gasteiger partial charge in [-0.1, -0.05) is 41.5 Å². The second kappa shape index (κ2) is 13.6. The quantitative estimate of drug-likeness (QED) is 0.315. The van der Waals surface area contributed by atoms with E-state index in [4.69, 9.17) is 24.1 Å². The summed E-state index contributed by atoms with van der Waals surface area (Å²) in [5, 5.41) is 9.05. The predicted molar refractivity (Wildman–Crippen MR) is 135 cm³/mol. The maximum absolute atomic E-state index is 13.5. The van der Waals surface area contributed by atoms with E-state index in [-0.39, 0.29) is 17.5 Å². The van der Waals surface area contributed by atoms with Crippen LogP contribution in [-0.4, -0.2) is 43.3 Å². The zero-order valence-electron chi connectivity index (χ0n) is 21.6. The van der Waals surface area contributed by atoms with Gasteiger partial charge in [-0.3, -0.25) is 4.79 Å². The molecule has 1 N–H and O–H groups in total. The molecule has 192 valence electrons. The molecule has 0 bridgehead atoms. The Kier molecular flexibility index (Phi) is 10.9. The number of carbonyl (C=O) groups is 2. The Bertz CT molecular complexity index is 979. The van der Waals surface area contributed by atoms with Crippen LogP contribution in [-0.2, 0) is 4.79 Å². The molecular weight excluding hydrogens is 448 g/mol. The van der Waals surface area contributed by atoms with Crippen molar-refractivity contribution in [3.63, 3.8) is 0 Å². The highest BCUT2D eigenvalue weighted by Crippen LogP contribution is 2.33. The van der Waals surface area contributed by atoms with Crippen LogP contribution in [0, 0.1) is 17.8 Å². The van der Waals surface area contributed by atoms with Crippen molar-refractivity contribution in [3.05, 3.63) is 47.5 Å². The number of rotatable bonds is 15. The van der Waals surface area contributed by atoms with Crippen molar-refractivity contribution in [1.29, 1.82) is 0 Å². The van der Waals surface area contributed by atoms with E-state index in [2.05, 4.69) is 27.7 Å². The van der Waals surface area contributed by atoms with Crippen molar-refractivity contribution in [1.82, 2.24) is 0 Å². The van der Waals surface area contributed by atoms with Crippen molar-refractivity contribution < 1.29 is 33.6 Å². The molecule has 0 saturated carbocycles. The topological polar surface area (TPSA) is 91.3 Å². The lowest BCUT2D eigenvalue weighted by atomic mass is 10.0. The Morgan fingerprint density at radius 3 is 2.06 bits per heavy atom. The zero-order valence-corrected chi connectivity index (χ0v) is 21.6. The summed E-state index contributed by atoms with van der Waals surface area (Å²) in [6, 6.07) is 9.99. The van der Waals surface area contributed by atoms with Gasteiger partial charge in [0.1, 0.15) is 11.5 Å². The normalized spacial score (nSPS) is 11.1. The first kappa shape index (κ1) is 28.0. The molecule has 0 aliphatic heterocycles. The molecule has 0 atom stereocenters. The molecule has 7 heteroatoms. The van der Waals surface area contributed by atoms with E-state index < -0.39 is 12.6 Å². The molecule has 2 aromatic rings. The fourth-order valence-corrected chi connectivity index (χ4v) is 3.00. The molecule has 0 heterocycles. The molecule has 0 aliphatic carbocycles. The van der Waals surface area contributed by atoms with Gasteiger partial charge in [0, 0.05) is 11.6 Å². The summed E-state index contributed by atoms with van der Waals surface area (Å²) >= 11 is 0. The Morgan fingerprint density at radius 1 is 0.743 bits per heavy atom. The van der Waals surface area contributed by atoms with E-state index in [1.165, 1.54) is 6.07 Å². The number of carboxylic acid groups (broad SMARTS) is 1. The van der Waals surface area contributed by atoms with Gasteiger partial charge in [-0.15, -0.1) is 0 Å². The summed E-state index contributed by atoms with van der Waals surface area (Å²) in [4.78, 5) is 24.5. The number of ketones is 1. The second-order valence-corrected chi connectivity index (χ2v) is 9.77. The van der Waals surface area contributed by atoms with Crippen LogP contribution in [0.15, 0.2) is 36.4 Å².